The first-order valence-electron chi connectivity index (χ1n) is 8.62. The van der Waals surface area contributed by atoms with Gasteiger partial charge in [0.15, 0.2) is 9.84 Å². The van der Waals surface area contributed by atoms with Gasteiger partial charge in [-0.3, -0.25) is 14.6 Å². The lowest BCUT2D eigenvalue weighted by molar-refractivity contribution is -0.139. The Hall–Kier alpha value is -2.94. The van der Waals surface area contributed by atoms with Crippen LogP contribution in [0.5, 0.6) is 5.75 Å². The number of nitrogens with zero attached hydrogens (tertiary/aromatic N) is 1. The van der Waals surface area contributed by atoms with Crippen molar-refractivity contribution in [2.24, 2.45) is 0 Å². The molecule has 8 nitrogen and oxygen atoms in total. The van der Waals surface area contributed by atoms with Gasteiger partial charge in [-0.25, -0.2) is 8.42 Å². The van der Waals surface area contributed by atoms with E-state index in [1.54, 1.807) is 38.1 Å². The third-order valence-corrected chi connectivity index (χ3v) is 6.01. The van der Waals surface area contributed by atoms with Crippen molar-refractivity contribution in [2.75, 3.05) is 13.7 Å². The molecule has 2 rings (SSSR count). The lowest BCUT2D eigenvalue weighted by atomic mass is 10.2. The molecule has 2 N–H and O–H groups in total. The molecule has 0 radical (unpaired) electrons. The van der Waals surface area contributed by atoms with Crippen molar-refractivity contribution in [3.8, 4) is 5.75 Å². The molecule has 0 aliphatic heterocycles. The number of ether oxygens (including phenoxy) is 1. The molecule has 1 heterocycles. The van der Waals surface area contributed by atoms with E-state index in [-0.39, 0.29) is 17.5 Å². The predicted octanol–water partition coefficient (Wildman–Crippen LogP) is 1.25. The van der Waals surface area contributed by atoms with E-state index >= 15 is 0 Å². The molecule has 9 heteroatoms. The zero-order valence-electron chi connectivity index (χ0n) is 15.9. The monoisotopic (exact) mass is 405 g/mol. The number of hydrogen-bond donors (Lipinski definition) is 2. The molecule has 0 saturated heterocycles. The van der Waals surface area contributed by atoms with Gasteiger partial charge in [-0.2, -0.15) is 0 Å². The largest absolute Gasteiger partial charge is 0.497 e. The molecule has 1 aromatic carbocycles. The minimum atomic E-state index is -3.87. The second kappa shape index (κ2) is 9.32. The number of sulfone groups is 1. The Morgan fingerprint density at radius 3 is 2.32 bits per heavy atom. The maximum atomic E-state index is 13.2. The van der Waals surface area contributed by atoms with Crippen LogP contribution in [0.2, 0.25) is 0 Å². The fourth-order valence-electron chi connectivity index (χ4n) is 2.50. The number of amides is 2. The molecule has 2 amide bonds. The number of hydrogen-bond acceptors (Lipinski definition) is 6. The van der Waals surface area contributed by atoms with Gasteiger partial charge < -0.3 is 15.4 Å². The molecule has 150 valence electrons. The van der Waals surface area contributed by atoms with Crippen LogP contribution >= 0.6 is 0 Å². The summed E-state index contributed by atoms with van der Waals surface area (Å²) in [6, 6.07) is 8.97. The van der Waals surface area contributed by atoms with E-state index in [1.807, 2.05) is 0 Å². The molecule has 1 aromatic heterocycles. The van der Waals surface area contributed by atoms with Gasteiger partial charge in [-0.1, -0.05) is 6.07 Å². The van der Waals surface area contributed by atoms with Crippen LogP contribution in [0, 0.1) is 0 Å². The average Bonchev–Trinajstić information content (AvgIpc) is 2.68. The highest BCUT2D eigenvalue weighted by Gasteiger charge is 2.30. The summed E-state index contributed by atoms with van der Waals surface area (Å²) >= 11 is 0. The highest BCUT2D eigenvalue weighted by atomic mass is 32.2. The smallest absolute Gasteiger partial charge is 0.309 e. The first-order valence-corrected chi connectivity index (χ1v) is 10.2. The second-order valence-corrected chi connectivity index (χ2v) is 8.46. The highest BCUT2D eigenvalue weighted by molar-refractivity contribution is 7.91. The van der Waals surface area contributed by atoms with Crippen molar-refractivity contribution in [2.45, 2.75) is 30.0 Å². The quantitative estimate of drug-likeness (QED) is 0.670. The molecule has 0 aliphatic rings. The molecule has 28 heavy (non-hydrogen) atoms. The van der Waals surface area contributed by atoms with Crippen LogP contribution < -0.4 is 15.4 Å². The lowest BCUT2D eigenvalue weighted by Crippen LogP contribution is -2.44. The van der Waals surface area contributed by atoms with Gasteiger partial charge in [0.25, 0.3) is 0 Å². The molecule has 0 aliphatic carbocycles. The molecule has 1 atom stereocenters. The number of aromatic nitrogens is 1. The minimum absolute atomic E-state index is 0.0723. The molecular formula is C19H23N3O5S. The van der Waals surface area contributed by atoms with Crippen LogP contribution in [0.1, 0.15) is 24.7 Å². The van der Waals surface area contributed by atoms with Crippen LogP contribution in [0.15, 0.2) is 53.7 Å². The van der Waals surface area contributed by atoms with E-state index in [9.17, 15) is 18.0 Å². The zero-order chi connectivity index (χ0) is 20.7. The minimum Gasteiger partial charge on any atom is -0.497 e. The first-order chi connectivity index (χ1) is 13.3. The number of rotatable bonds is 7. The van der Waals surface area contributed by atoms with Crippen LogP contribution in [0.3, 0.4) is 0 Å². The second-order valence-electron chi connectivity index (χ2n) is 6.33. The van der Waals surface area contributed by atoms with E-state index in [1.165, 1.54) is 31.6 Å². The van der Waals surface area contributed by atoms with E-state index in [4.69, 9.17) is 4.74 Å². The summed E-state index contributed by atoms with van der Waals surface area (Å²) in [7, 11) is -2.38. The number of methoxy groups -OCH3 is 1. The van der Waals surface area contributed by atoms with Gasteiger partial charge in [0.05, 0.1) is 12.0 Å². The maximum Gasteiger partial charge on any atom is 0.309 e. The Morgan fingerprint density at radius 1 is 1.11 bits per heavy atom. The summed E-state index contributed by atoms with van der Waals surface area (Å²) in [5, 5.41) is 3.76. The van der Waals surface area contributed by atoms with E-state index in [0.717, 1.165) is 0 Å². The van der Waals surface area contributed by atoms with Crippen molar-refractivity contribution >= 4 is 21.7 Å². The van der Waals surface area contributed by atoms with Crippen LogP contribution in [-0.2, 0) is 19.4 Å². The number of carbonyl (C=O) groups excluding carboxylic acids is 2. The molecule has 0 saturated carbocycles. The van der Waals surface area contributed by atoms with Crippen LogP contribution in [-0.4, -0.2) is 44.9 Å². The van der Waals surface area contributed by atoms with E-state index in [0.29, 0.717) is 11.3 Å². The summed E-state index contributed by atoms with van der Waals surface area (Å²) in [6.07, 6.45) is 2.95. The number of pyridine rings is 1. The van der Waals surface area contributed by atoms with Gasteiger partial charge in [-0.05, 0) is 49.7 Å². The molecular weight excluding hydrogens is 382 g/mol. The highest BCUT2D eigenvalue weighted by Crippen LogP contribution is 2.29. The van der Waals surface area contributed by atoms with Gasteiger partial charge in [0, 0.05) is 25.0 Å². The van der Waals surface area contributed by atoms with Crippen molar-refractivity contribution < 1.29 is 22.7 Å². The number of carbonyl (C=O) groups is 2. The van der Waals surface area contributed by atoms with Gasteiger partial charge in [-0.15, -0.1) is 0 Å². The normalized spacial score (nSPS) is 12.3. The molecule has 0 unspecified atom stereocenters. The Bertz CT molecular complexity index is 912. The van der Waals surface area contributed by atoms with Crippen molar-refractivity contribution in [1.29, 1.82) is 0 Å². The molecule has 0 bridgehead atoms. The van der Waals surface area contributed by atoms with Crippen LogP contribution in [0.4, 0.5) is 0 Å². The van der Waals surface area contributed by atoms with Gasteiger partial charge in [0.1, 0.15) is 11.0 Å². The fourth-order valence-corrected chi connectivity index (χ4v) is 4.14. The van der Waals surface area contributed by atoms with Crippen LogP contribution in [0.25, 0.3) is 0 Å². The summed E-state index contributed by atoms with van der Waals surface area (Å²) in [5.74, 6) is -1.19. The fraction of sp³-hybridized carbons (Fsp3) is 0.316. The number of benzene rings is 1. The van der Waals surface area contributed by atoms with Crippen molar-refractivity contribution in [1.82, 2.24) is 15.6 Å². The predicted molar refractivity (Wildman–Crippen MR) is 103 cm³/mol. The SMILES string of the molecule is COc1ccc(S(=O)(=O)[C@@H](CNC(=O)C(=O)NC(C)C)c2cccnc2)cc1. The molecule has 2 aromatic rings. The number of nitrogens with one attached hydrogen (secondary N) is 2. The Morgan fingerprint density at radius 2 is 1.79 bits per heavy atom. The Kier molecular flexibility index (Phi) is 7.11. The summed E-state index contributed by atoms with van der Waals surface area (Å²) < 4.78 is 31.4. The van der Waals surface area contributed by atoms with Crippen molar-refractivity contribution in [3.05, 3.63) is 54.4 Å². The van der Waals surface area contributed by atoms with Gasteiger partial charge >= 0.3 is 11.8 Å². The van der Waals surface area contributed by atoms with Crippen molar-refractivity contribution in [3.63, 3.8) is 0 Å². The zero-order valence-corrected chi connectivity index (χ0v) is 16.7. The van der Waals surface area contributed by atoms with E-state index < -0.39 is 26.9 Å². The lowest BCUT2D eigenvalue weighted by Gasteiger charge is -2.19. The Balaban J connectivity index is 2.29. The average molecular weight is 405 g/mol. The standard InChI is InChI=1S/C19H23N3O5S/c1-13(2)22-19(24)18(23)21-12-17(14-5-4-10-20-11-14)28(25,26)16-8-6-15(27-3)7-9-16/h4-11,13,17H,12H2,1-3H3,(H,21,23)(H,22,24)/t17-/m0/s1. The first kappa shape index (κ1) is 21.4. The molecule has 0 spiro atoms. The molecule has 0 fully saturated rings. The van der Waals surface area contributed by atoms with E-state index in [2.05, 4.69) is 15.6 Å². The summed E-state index contributed by atoms with van der Waals surface area (Å²) in [6.45, 7) is 3.17. The topological polar surface area (TPSA) is 114 Å². The Labute approximate surface area is 164 Å². The third kappa shape index (κ3) is 5.29. The maximum absolute atomic E-state index is 13.2. The summed E-state index contributed by atoms with van der Waals surface area (Å²) in [5.41, 5.74) is 0.405. The summed E-state index contributed by atoms with van der Waals surface area (Å²) in [4.78, 5) is 27.8. The van der Waals surface area contributed by atoms with Gasteiger partial charge in [0.2, 0.25) is 0 Å². The third-order valence-electron chi connectivity index (χ3n) is 3.89.